The maximum absolute atomic E-state index is 14.6. The monoisotopic (exact) mass is 913 g/mol. The summed E-state index contributed by atoms with van der Waals surface area (Å²) >= 11 is 0. The van der Waals surface area contributed by atoms with Crippen molar-refractivity contribution in [1.82, 2.24) is 0 Å². The van der Waals surface area contributed by atoms with E-state index < -0.39 is 111 Å². The Hall–Kier alpha value is -1.39. The van der Waals surface area contributed by atoms with Gasteiger partial charge in [0.1, 0.15) is 67.1 Å². The van der Waals surface area contributed by atoms with E-state index >= 15 is 0 Å². The van der Waals surface area contributed by atoms with Gasteiger partial charge in [0.15, 0.2) is 12.6 Å². The van der Waals surface area contributed by atoms with E-state index in [9.17, 15) is 55.9 Å². The fourth-order valence-corrected chi connectivity index (χ4v) is 14.8. The zero-order chi connectivity index (χ0) is 46.7. The van der Waals surface area contributed by atoms with Crippen LogP contribution in [0.3, 0.4) is 0 Å². The molecule has 0 radical (unpaired) electrons. The van der Waals surface area contributed by atoms with Crippen molar-refractivity contribution in [2.45, 2.75) is 205 Å². The van der Waals surface area contributed by atoms with Gasteiger partial charge in [-0.25, -0.2) is 0 Å². The fraction of sp³-hybridized carbons (Fsp3) is 0.936. The van der Waals surface area contributed by atoms with Crippen LogP contribution in [0.4, 0.5) is 0 Å². The van der Waals surface area contributed by atoms with Crippen molar-refractivity contribution < 1.29 is 84.3 Å². The van der Waals surface area contributed by atoms with Crippen LogP contribution in [0.25, 0.3) is 0 Å². The minimum Gasteiger partial charge on any atom is -0.432 e. The number of hydrogen-bond donors (Lipinski definition) is 10. The predicted molar refractivity (Wildman–Crippen MR) is 224 cm³/mol. The molecule has 366 valence electrons. The maximum atomic E-state index is 14.6. The summed E-state index contributed by atoms with van der Waals surface area (Å²) < 4.78 is 35.6. The largest absolute Gasteiger partial charge is 0.432 e. The predicted octanol–water partition coefficient (Wildman–Crippen LogP) is 0.780. The topological polar surface area (TPSA) is 275 Å². The Morgan fingerprint density at radius 1 is 0.672 bits per heavy atom. The lowest BCUT2D eigenvalue weighted by Gasteiger charge is -2.71. The number of aliphatic hydroxyl groups is 10. The number of carbonyl (C=O) groups is 1. The zero-order valence-electron chi connectivity index (χ0n) is 38.5. The van der Waals surface area contributed by atoms with Crippen LogP contribution in [0.15, 0.2) is 11.6 Å². The second kappa shape index (κ2) is 17.2. The van der Waals surface area contributed by atoms with Crippen molar-refractivity contribution in [3.05, 3.63) is 11.6 Å². The summed E-state index contributed by atoms with van der Waals surface area (Å²) in [5.41, 5.74) is -0.434. The van der Waals surface area contributed by atoms with Gasteiger partial charge < -0.3 is 79.5 Å². The number of carbonyl (C=O) groups excluding carboxylic acids is 1. The van der Waals surface area contributed by atoms with Crippen molar-refractivity contribution in [3.63, 3.8) is 0 Å². The summed E-state index contributed by atoms with van der Waals surface area (Å²) in [5, 5.41) is 105. The van der Waals surface area contributed by atoms with Crippen LogP contribution in [0.2, 0.25) is 0 Å². The number of rotatable bonds is 8. The normalized spacial score (nSPS) is 53.4. The van der Waals surface area contributed by atoms with Gasteiger partial charge >= 0.3 is 5.97 Å². The van der Waals surface area contributed by atoms with Crippen molar-refractivity contribution >= 4 is 5.97 Å². The Morgan fingerprint density at radius 3 is 1.92 bits per heavy atom. The van der Waals surface area contributed by atoms with Crippen molar-refractivity contribution in [3.8, 4) is 0 Å². The van der Waals surface area contributed by atoms with Crippen LogP contribution in [-0.2, 0) is 33.2 Å². The van der Waals surface area contributed by atoms with E-state index in [0.717, 1.165) is 44.9 Å². The first-order valence-corrected chi connectivity index (χ1v) is 23.7. The van der Waals surface area contributed by atoms with Gasteiger partial charge in [0.05, 0.1) is 31.3 Å². The summed E-state index contributed by atoms with van der Waals surface area (Å²) in [6, 6.07) is 0. The lowest BCUT2D eigenvalue weighted by Crippen LogP contribution is -2.66. The van der Waals surface area contributed by atoms with E-state index in [1.807, 2.05) is 0 Å². The van der Waals surface area contributed by atoms with Crippen LogP contribution in [0.1, 0.15) is 113 Å². The van der Waals surface area contributed by atoms with Gasteiger partial charge in [-0.1, -0.05) is 60.1 Å². The zero-order valence-corrected chi connectivity index (χ0v) is 38.5. The number of allylic oxidation sites excluding steroid dienone is 2. The Morgan fingerprint density at radius 2 is 1.28 bits per heavy atom. The molecule has 0 spiro atoms. The molecule has 0 aromatic carbocycles. The van der Waals surface area contributed by atoms with E-state index in [-0.39, 0.29) is 51.6 Å². The number of esters is 1. The first-order chi connectivity index (χ1) is 29.9. The molecule has 8 aliphatic rings. The highest BCUT2D eigenvalue weighted by atomic mass is 16.7. The second-order valence-corrected chi connectivity index (χ2v) is 23.0. The Bertz CT molecular complexity index is 1740. The lowest BCUT2D eigenvalue weighted by molar-refractivity contribution is -0.357. The maximum Gasteiger partial charge on any atom is 0.315 e. The molecule has 0 unspecified atom stereocenters. The molecule has 64 heavy (non-hydrogen) atoms. The third kappa shape index (κ3) is 7.58. The molecule has 3 aliphatic heterocycles. The minimum atomic E-state index is -1.72. The highest BCUT2D eigenvalue weighted by molar-refractivity contribution is 5.79. The van der Waals surface area contributed by atoms with Crippen LogP contribution in [0.5, 0.6) is 0 Å². The van der Waals surface area contributed by atoms with Gasteiger partial charge in [0.25, 0.3) is 0 Å². The van der Waals surface area contributed by atoms with E-state index in [1.54, 1.807) is 0 Å². The van der Waals surface area contributed by atoms with Crippen molar-refractivity contribution in [2.75, 3.05) is 19.8 Å². The van der Waals surface area contributed by atoms with Gasteiger partial charge in [-0.3, -0.25) is 4.79 Å². The quantitative estimate of drug-likeness (QED) is 0.0916. The summed E-state index contributed by atoms with van der Waals surface area (Å²) in [6.07, 6.45) is -10.9. The summed E-state index contributed by atoms with van der Waals surface area (Å²) in [5.74, 6) is -0.0598. The molecule has 3 heterocycles. The number of aliphatic hydroxyl groups excluding tert-OH is 10. The van der Waals surface area contributed by atoms with Crippen LogP contribution in [0, 0.1) is 50.2 Å². The first kappa shape index (κ1) is 49.0. The average Bonchev–Trinajstić information content (AvgIpc) is 3.24. The molecule has 0 bridgehead atoms. The van der Waals surface area contributed by atoms with Crippen molar-refractivity contribution in [2.24, 2.45) is 50.2 Å². The third-order valence-electron chi connectivity index (χ3n) is 18.9. The van der Waals surface area contributed by atoms with Gasteiger partial charge in [0.2, 0.25) is 6.29 Å². The van der Waals surface area contributed by atoms with E-state index in [4.69, 9.17) is 28.4 Å². The highest BCUT2D eigenvalue weighted by Gasteiger charge is 2.70. The van der Waals surface area contributed by atoms with Crippen LogP contribution < -0.4 is 0 Å². The lowest BCUT2D eigenvalue weighted by atomic mass is 9.33. The summed E-state index contributed by atoms with van der Waals surface area (Å²) in [4.78, 5) is 14.6. The first-order valence-electron chi connectivity index (χ1n) is 23.7. The number of hydrogen-bond acceptors (Lipinski definition) is 17. The molecule has 0 aromatic rings. The molecule has 22 atom stereocenters. The summed E-state index contributed by atoms with van der Waals surface area (Å²) in [6.45, 7) is 14.7. The van der Waals surface area contributed by atoms with E-state index in [1.165, 1.54) is 5.57 Å². The molecule has 8 rings (SSSR count). The molecule has 3 saturated heterocycles. The smallest absolute Gasteiger partial charge is 0.315 e. The average molecular weight is 913 g/mol. The van der Waals surface area contributed by atoms with E-state index in [2.05, 4.69) is 54.5 Å². The number of ether oxygens (including phenoxy) is 6. The van der Waals surface area contributed by atoms with Gasteiger partial charge in [-0.2, -0.15) is 0 Å². The fourth-order valence-electron chi connectivity index (χ4n) is 14.8. The highest BCUT2D eigenvalue weighted by Crippen LogP contribution is 2.76. The molecule has 0 amide bonds. The molecule has 4 saturated carbocycles. The van der Waals surface area contributed by atoms with Gasteiger partial charge in [-0.05, 0) is 109 Å². The minimum absolute atomic E-state index is 0.0414. The Kier molecular flexibility index (Phi) is 13.2. The third-order valence-corrected chi connectivity index (χ3v) is 18.9. The van der Waals surface area contributed by atoms with Gasteiger partial charge in [-0.15, -0.1) is 0 Å². The van der Waals surface area contributed by atoms with Crippen LogP contribution in [-0.4, -0.2) is 169 Å². The van der Waals surface area contributed by atoms with Crippen molar-refractivity contribution in [1.29, 1.82) is 0 Å². The Balaban J connectivity index is 1.01. The molecule has 0 aromatic heterocycles. The molecular weight excluding hydrogens is 836 g/mol. The van der Waals surface area contributed by atoms with Crippen LogP contribution >= 0.6 is 0 Å². The SMILES string of the molecule is CC1(C)CC[C@]2(C(=O)O[C@@H]3O[C@H](CO)[C@@H](O)[C@H](O)[C@H]3O)CC[C@]3(C)C(=CC[C@@H]4[C@@]5(C)CC[C@H](O[C@@H]6OC[C@H](O)[C@H](O[C@@H]7O[C@H](CO)[C@H](O)[C@H](O)[C@H]7O)[C@H]6O)C(C)(C)[C@@H]5CC[C@]43C)[C@H]2C1. The molecule has 5 aliphatic carbocycles. The number of fused-ring (bicyclic) bond motifs is 7. The second-order valence-electron chi connectivity index (χ2n) is 23.0. The molecular formula is C47H76O17. The molecule has 7 fully saturated rings. The standard InChI is InChI=1S/C47H76O17/c1-42(2)14-16-47(41(58)64-40-35(56)33(54)31(52)26(20-49)61-40)17-15-45(6)22(23(47)18-42)8-9-28-44(5)12-11-29(43(3,4)27(44)10-13-46(28,45)7)62-38-36(57)37(24(50)21-59-38)63-39-34(55)32(53)30(51)25(19-48)60-39/h8,23-40,48-57H,9-21H2,1-7H3/t23-,24+,25-,26-,27+,28-,29+,30+,31-,32+,33+,34-,35-,36-,37+,38+,39+,40+,44+,45-,46-,47+/m1/s1. The molecule has 10 N–H and O–H groups in total. The van der Waals surface area contributed by atoms with E-state index in [0.29, 0.717) is 25.2 Å². The molecule has 17 heteroatoms. The molecule has 17 nitrogen and oxygen atoms in total. The Labute approximate surface area is 376 Å². The summed E-state index contributed by atoms with van der Waals surface area (Å²) in [7, 11) is 0. The van der Waals surface area contributed by atoms with Gasteiger partial charge in [0, 0.05) is 0 Å².